The molecule has 0 saturated heterocycles. The van der Waals surface area contributed by atoms with Crippen LogP contribution in [0.4, 0.5) is 23.1 Å². The van der Waals surface area contributed by atoms with Gasteiger partial charge in [-0.2, -0.15) is 4.68 Å². The number of hydrogen-bond acceptors (Lipinski definition) is 2. The first-order valence-corrected chi connectivity index (χ1v) is 3.05. The van der Waals surface area contributed by atoms with Gasteiger partial charge in [0, 0.05) is 4.98 Å². The first-order valence-electron chi connectivity index (χ1n) is 3.05. The molecule has 0 aromatic carbocycles. The topological polar surface area (TPSA) is 46.0 Å². The van der Waals surface area contributed by atoms with E-state index in [4.69, 9.17) is 5.39 Å². The molecule has 0 aliphatic heterocycles. The van der Waals surface area contributed by atoms with Crippen molar-refractivity contribution in [1.29, 1.82) is 5.39 Å². The van der Waals surface area contributed by atoms with Gasteiger partial charge < -0.3 is 17.3 Å². The fraction of sp³-hybridized carbons (Fsp3) is 0.250. The molecule has 0 atom stereocenters. The zero-order chi connectivity index (χ0) is 10.5. The van der Waals surface area contributed by atoms with Gasteiger partial charge in [0.2, 0.25) is 0 Å². The molecule has 0 N–H and O–H groups in total. The molecule has 9 heteroatoms. The average Bonchev–Trinajstić information content (AvgIpc) is 2.31. The summed E-state index contributed by atoms with van der Waals surface area (Å²) in [5.41, 5.74) is 0. The summed E-state index contributed by atoms with van der Waals surface area (Å²) in [5, 5.41) is 11.8. The van der Waals surface area contributed by atoms with Crippen molar-refractivity contribution in [2.45, 2.75) is 0 Å². The van der Waals surface area contributed by atoms with Gasteiger partial charge in [-0.05, 0) is 0 Å². The number of diazo groups is 1. The van der Waals surface area contributed by atoms with Crippen LogP contribution in [0.25, 0.3) is 4.98 Å². The molecule has 1 aromatic rings. The molecule has 72 valence electrons. The van der Waals surface area contributed by atoms with E-state index in [1.807, 2.05) is 0 Å². The van der Waals surface area contributed by atoms with E-state index in [9.17, 15) is 17.3 Å². The predicted molar refractivity (Wildman–Crippen MR) is 38.1 cm³/mol. The van der Waals surface area contributed by atoms with E-state index >= 15 is 0 Å². The van der Waals surface area contributed by atoms with Crippen LogP contribution in [-0.4, -0.2) is 17.0 Å². The van der Waals surface area contributed by atoms with Crippen LogP contribution in [0.3, 0.4) is 0 Å². The molecule has 0 unspecified atom stereocenters. The summed E-state index contributed by atoms with van der Waals surface area (Å²) in [6.07, 6.45) is 1.70. The van der Waals surface area contributed by atoms with Crippen LogP contribution in [-0.2, 0) is 7.05 Å². The first kappa shape index (κ1) is 11.4. The van der Waals surface area contributed by atoms with E-state index in [0.29, 0.717) is 5.82 Å². The average molecular weight is 196 g/mol. The summed E-state index contributed by atoms with van der Waals surface area (Å²) in [6, 6.07) is 1.61. The van der Waals surface area contributed by atoms with Crippen LogP contribution >= 0.6 is 0 Å². The van der Waals surface area contributed by atoms with E-state index < -0.39 is 7.25 Å². The maximum atomic E-state index is 9.75. The van der Waals surface area contributed by atoms with Crippen LogP contribution in [0, 0.1) is 5.39 Å². The van der Waals surface area contributed by atoms with Crippen molar-refractivity contribution >= 4 is 13.1 Å². The molecule has 0 radical (unpaired) electrons. The van der Waals surface area contributed by atoms with E-state index in [2.05, 4.69) is 10.1 Å². The molecule has 0 bridgehead atoms. The molecule has 13 heavy (non-hydrogen) atoms. The van der Waals surface area contributed by atoms with Crippen molar-refractivity contribution in [3.05, 3.63) is 17.2 Å². The Morgan fingerprint density at radius 3 is 2.08 bits per heavy atom. The van der Waals surface area contributed by atoms with Gasteiger partial charge in [0.05, 0.1) is 29.8 Å². The first-order chi connectivity index (χ1) is 5.83. The monoisotopic (exact) mass is 196 g/mol. The molecule has 0 saturated carbocycles. The van der Waals surface area contributed by atoms with Gasteiger partial charge >= 0.3 is 13.1 Å². The van der Waals surface area contributed by atoms with Crippen molar-refractivity contribution < 1.29 is 17.3 Å². The molecular weight excluding hydrogens is 191 g/mol. The van der Waals surface area contributed by atoms with Gasteiger partial charge in [-0.25, -0.2) is 0 Å². The van der Waals surface area contributed by atoms with Crippen molar-refractivity contribution in [1.82, 2.24) is 9.78 Å². The van der Waals surface area contributed by atoms with Crippen LogP contribution in [0.15, 0.2) is 12.3 Å². The lowest BCUT2D eigenvalue weighted by atomic mass is 10.3. The molecule has 1 heterocycles. The molecule has 0 amide bonds. The molecule has 0 fully saturated rings. The second-order valence-corrected chi connectivity index (χ2v) is 1.94. The minimum absolute atomic E-state index is 0.340. The zero-order valence-corrected chi connectivity index (χ0v) is 6.53. The summed E-state index contributed by atoms with van der Waals surface area (Å²) in [4.78, 5) is 2.86. The van der Waals surface area contributed by atoms with E-state index in [1.165, 1.54) is 0 Å². The third-order valence-electron chi connectivity index (χ3n) is 0.802. The molecule has 1 aromatic heterocycles. The number of rotatable bonds is 0. The molecule has 1 rings (SSSR count). The number of nitrogens with zero attached hydrogens (tertiary/aromatic N) is 4. The third kappa shape index (κ3) is 8.32. The Hall–Kier alpha value is -1.59. The highest BCUT2D eigenvalue weighted by Crippen LogP contribution is 2.06. The van der Waals surface area contributed by atoms with Gasteiger partial charge in [-0.15, -0.1) is 0 Å². The van der Waals surface area contributed by atoms with E-state index in [1.54, 1.807) is 24.0 Å². The predicted octanol–water partition coefficient (Wildman–Crippen LogP) is 2.20. The highest BCUT2D eigenvalue weighted by Gasteiger charge is 2.20. The maximum absolute atomic E-state index is 9.75. The quantitative estimate of drug-likeness (QED) is 0.362. The van der Waals surface area contributed by atoms with Gasteiger partial charge in [0.1, 0.15) is 0 Å². The summed E-state index contributed by atoms with van der Waals surface area (Å²) in [7, 11) is -4.24. The number of aromatic nitrogens is 2. The Balaban J connectivity index is 0.000000252. The third-order valence-corrected chi connectivity index (χ3v) is 0.802. The SMILES string of the molecule is Cn1ccc([N+]#N)n1.F[B-](F)(F)F. The van der Waals surface area contributed by atoms with Crippen LogP contribution in [0.5, 0.6) is 0 Å². The lowest BCUT2D eigenvalue weighted by molar-refractivity contribution is 0.368. The molecule has 0 aliphatic rings. The largest absolute Gasteiger partial charge is 0.673 e. The van der Waals surface area contributed by atoms with Gasteiger partial charge in [0.25, 0.3) is 0 Å². The fourth-order valence-corrected chi connectivity index (χ4v) is 0.456. The summed E-state index contributed by atoms with van der Waals surface area (Å²) >= 11 is 0. The lowest BCUT2D eigenvalue weighted by Crippen LogP contribution is -2.02. The van der Waals surface area contributed by atoms with Crippen LogP contribution < -0.4 is 0 Å². The van der Waals surface area contributed by atoms with Crippen molar-refractivity contribution in [3.63, 3.8) is 0 Å². The number of halogens is 4. The fourth-order valence-electron chi connectivity index (χ4n) is 0.456. The lowest BCUT2D eigenvalue weighted by Gasteiger charge is -1.94. The highest BCUT2D eigenvalue weighted by molar-refractivity contribution is 6.50. The zero-order valence-electron chi connectivity index (χ0n) is 6.53. The minimum atomic E-state index is -6.00. The second-order valence-electron chi connectivity index (χ2n) is 1.94. The molecule has 0 aliphatic carbocycles. The smallest absolute Gasteiger partial charge is 0.418 e. The highest BCUT2D eigenvalue weighted by atomic mass is 19.5. The Bertz CT molecular complexity index is 294. The van der Waals surface area contributed by atoms with E-state index in [0.717, 1.165) is 0 Å². The minimum Gasteiger partial charge on any atom is -0.418 e. The van der Waals surface area contributed by atoms with Crippen LogP contribution in [0.2, 0.25) is 0 Å². The number of hydrogen-bond donors (Lipinski definition) is 0. The Morgan fingerprint density at radius 2 is 1.92 bits per heavy atom. The summed E-state index contributed by atoms with van der Waals surface area (Å²) in [6.45, 7) is 0. The summed E-state index contributed by atoms with van der Waals surface area (Å²) < 4.78 is 40.6. The van der Waals surface area contributed by atoms with Crippen molar-refractivity contribution in [2.24, 2.45) is 7.05 Å². The van der Waals surface area contributed by atoms with Crippen molar-refractivity contribution in [3.8, 4) is 0 Å². The maximum Gasteiger partial charge on any atom is 0.673 e. The standard InChI is InChI=1S/C4H5N4.BF4/c1-8-3-2-4(6-5)7-8;2-1(3,4)5/h2-3H,1H3;/q+1;-1. The molecule has 4 nitrogen and oxygen atoms in total. The number of aryl methyl sites for hydroxylation is 1. The Morgan fingerprint density at radius 1 is 1.46 bits per heavy atom. The van der Waals surface area contributed by atoms with Gasteiger partial charge in [-0.1, -0.05) is 0 Å². The molecule has 0 spiro atoms. The van der Waals surface area contributed by atoms with Gasteiger partial charge in [0.15, 0.2) is 0 Å². The summed E-state index contributed by atoms with van der Waals surface area (Å²) in [5.74, 6) is 0.340. The van der Waals surface area contributed by atoms with Gasteiger partial charge in [-0.3, -0.25) is 0 Å². The van der Waals surface area contributed by atoms with E-state index in [-0.39, 0.29) is 0 Å². The van der Waals surface area contributed by atoms with Crippen LogP contribution in [0.1, 0.15) is 0 Å². The van der Waals surface area contributed by atoms with Crippen molar-refractivity contribution in [2.75, 3.05) is 0 Å². The Kier molecular flexibility index (Phi) is 3.90. The Labute approximate surface area is 70.9 Å². The molecular formula is C4H5BF4N4. The normalized spacial score (nSPS) is 9.85. The second kappa shape index (κ2) is 4.44.